The second-order valence-electron chi connectivity index (χ2n) is 8.43. The standard InChI is InChI=1S/C27H26N6OS/c1-19-12-13-23(33(19)21-10-7-15-28-18-21)26-25(22-11-5-6-16-29-22)31-27(35)32(26)17-14-24(34)30-20-8-3-2-4-9-20/h2-13,15-16,18,25-26H,14,17H2,1H3,(H,30,34)(H,31,35)/t25-,26-/m0/s1. The van der Waals surface area contributed by atoms with Crippen molar-refractivity contribution in [1.29, 1.82) is 0 Å². The Bertz CT molecular complexity index is 1310. The number of carbonyl (C=O) groups is 1. The number of aromatic nitrogens is 3. The number of amides is 1. The van der Waals surface area contributed by atoms with Crippen molar-refractivity contribution in [1.82, 2.24) is 24.8 Å². The van der Waals surface area contributed by atoms with Gasteiger partial charge in [0.25, 0.3) is 0 Å². The number of thiocarbonyl (C=S) groups is 1. The van der Waals surface area contributed by atoms with Gasteiger partial charge in [-0.25, -0.2) is 0 Å². The molecule has 0 unspecified atom stereocenters. The van der Waals surface area contributed by atoms with Crippen LogP contribution in [0.2, 0.25) is 0 Å². The average molecular weight is 483 g/mol. The maximum Gasteiger partial charge on any atom is 0.226 e. The number of hydrogen-bond acceptors (Lipinski definition) is 4. The smallest absolute Gasteiger partial charge is 0.226 e. The quantitative estimate of drug-likeness (QED) is 0.376. The SMILES string of the molecule is Cc1ccc([C@H]2[C@H](c3ccccn3)NC(=S)N2CCC(=O)Nc2ccccc2)n1-c1cccnc1. The molecule has 0 radical (unpaired) electrons. The second-order valence-corrected chi connectivity index (χ2v) is 8.82. The van der Waals surface area contributed by atoms with Gasteiger partial charge in [-0.15, -0.1) is 0 Å². The fourth-order valence-corrected chi connectivity index (χ4v) is 4.89. The van der Waals surface area contributed by atoms with Gasteiger partial charge in [0.05, 0.1) is 29.7 Å². The Hall–Kier alpha value is -4.04. The number of nitrogens with zero attached hydrogens (tertiary/aromatic N) is 4. The van der Waals surface area contributed by atoms with Crippen molar-refractivity contribution in [2.24, 2.45) is 0 Å². The van der Waals surface area contributed by atoms with Crippen molar-refractivity contribution in [2.45, 2.75) is 25.4 Å². The van der Waals surface area contributed by atoms with Crippen LogP contribution in [-0.2, 0) is 4.79 Å². The summed E-state index contributed by atoms with van der Waals surface area (Å²) in [5.74, 6) is -0.0575. The largest absolute Gasteiger partial charge is 0.352 e. The topological polar surface area (TPSA) is 75.1 Å². The molecule has 4 aromatic rings. The molecule has 7 nitrogen and oxygen atoms in total. The van der Waals surface area contributed by atoms with Gasteiger partial charge >= 0.3 is 0 Å². The van der Waals surface area contributed by atoms with Crippen molar-refractivity contribution in [2.75, 3.05) is 11.9 Å². The zero-order chi connectivity index (χ0) is 24.2. The minimum Gasteiger partial charge on any atom is -0.352 e. The summed E-state index contributed by atoms with van der Waals surface area (Å²) in [5.41, 5.74) is 4.80. The monoisotopic (exact) mass is 482 g/mol. The molecule has 1 saturated heterocycles. The van der Waals surface area contributed by atoms with Crippen LogP contribution < -0.4 is 10.6 Å². The van der Waals surface area contributed by atoms with E-state index in [9.17, 15) is 4.79 Å². The summed E-state index contributed by atoms with van der Waals surface area (Å²) < 4.78 is 2.19. The molecule has 2 atom stereocenters. The van der Waals surface area contributed by atoms with Gasteiger partial charge in [-0.1, -0.05) is 24.3 Å². The molecule has 1 aliphatic rings. The van der Waals surface area contributed by atoms with Crippen LogP contribution in [-0.4, -0.2) is 37.0 Å². The van der Waals surface area contributed by atoms with Gasteiger partial charge in [0.2, 0.25) is 5.91 Å². The van der Waals surface area contributed by atoms with Crippen LogP contribution in [0.4, 0.5) is 5.69 Å². The van der Waals surface area contributed by atoms with E-state index in [1.54, 1.807) is 12.4 Å². The first kappa shape index (κ1) is 22.7. The molecular formula is C27H26N6OS. The molecule has 0 aliphatic carbocycles. The number of anilines is 1. The van der Waals surface area contributed by atoms with E-state index in [0.717, 1.165) is 28.5 Å². The summed E-state index contributed by atoms with van der Waals surface area (Å²) in [4.78, 5) is 23.8. The van der Waals surface area contributed by atoms with Crippen LogP contribution >= 0.6 is 12.2 Å². The molecule has 0 spiro atoms. The lowest BCUT2D eigenvalue weighted by molar-refractivity contribution is -0.116. The molecule has 2 N–H and O–H groups in total. The van der Waals surface area contributed by atoms with E-state index in [1.807, 2.05) is 66.9 Å². The van der Waals surface area contributed by atoms with Crippen molar-refractivity contribution in [3.05, 3.63) is 108 Å². The number of nitrogens with one attached hydrogen (secondary N) is 2. The fraction of sp³-hybridized carbons (Fsp3) is 0.185. The third-order valence-corrected chi connectivity index (χ3v) is 6.50. The maximum absolute atomic E-state index is 12.7. The first-order valence-electron chi connectivity index (χ1n) is 11.5. The van der Waals surface area contributed by atoms with Crippen LogP contribution in [0.15, 0.2) is 91.4 Å². The Kier molecular flexibility index (Phi) is 6.54. The number of hydrogen-bond donors (Lipinski definition) is 2. The second kappa shape index (κ2) is 10.1. The molecule has 1 aromatic carbocycles. The first-order chi connectivity index (χ1) is 17.1. The minimum absolute atomic E-state index is 0.0575. The zero-order valence-corrected chi connectivity index (χ0v) is 20.2. The van der Waals surface area contributed by atoms with Crippen molar-refractivity contribution in [3.63, 3.8) is 0 Å². The summed E-state index contributed by atoms with van der Waals surface area (Å²) in [6.07, 6.45) is 5.71. The van der Waals surface area contributed by atoms with Crippen molar-refractivity contribution < 1.29 is 4.79 Å². The fourth-order valence-electron chi connectivity index (χ4n) is 4.56. The van der Waals surface area contributed by atoms with Gasteiger partial charge in [0, 0.05) is 42.4 Å². The van der Waals surface area contributed by atoms with Crippen molar-refractivity contribution >= 4 is 28.9 Å². The Morgan fingerprint density at radius 2 is 1.86 bits per heavy atom. The van der Waals surface area contributed by atoms with E-state index in [1.165, 1.54) is 0 Å². The summed E-state index contributed by atoms with van der Waals surface area (Å²) in [6.45, 7) is 2.54. The summed E-state index contributed by atoms with van der Waals surface area (Å²) in [6, 6.07) is 23.2. The summed E-state index contributed by atoms with van der Waals surface area (Å²) >= 11 is 5.78. The summed E-state index contributed by atoms with van der Waals surface area (Å²) in [7, 11) is 0. The highest BCUT2D eigenvalue weighted by Gasteiger charge is 2.41. The van der Waals surface area contributed by atoms with Gasteiger partial charge in [-0.2, -0.15) is 0 Å². The lowest BCUT2D eigenvalue weighted by atomic mass is 10.0. The Balaban J connectivity index is 1.47. The normalized spacial score (nSPS) is 17.3. The van der Waals surface area contributed by atoms with Gasteiger partial charge in [-0.05, 0) is 67.7 Å². The van der Waals surface area contributed by atoms with E-state index in [2.05, 4.69) is 49.1 Å². The molecule has 5 rings (SSSR count). The van der Waals surface area contributed by atoms with Gasteiger partial charge in [-0.3, -0.25) is 14.8 Å². The van der Waals surface area contributed by atoms with Crippen LogP contribution in [0, 0.1) is 6.92 Å². The number of rotatable bonds is 7. The van der Waals surface area contributed by atoms with Gasteiger partial charge in [0.1, 0.15) is 0 Å². The number of para-hydroxylation sites is 1. The molecule has 0 saturated carbocycles. The van der Waals surface area contributed by atoms with Crippen molar-refractivity contribution in [3.8, 4) is 5.69 Å². The first-order valence-corrected chi connectivity index (χ1v) is 11.9. The highest BCUT2D eigenvalue weighted by Crippen LogP contribution is 2.40. The average Bonchev–Trinajstić information content (AvgIpc) is 3.43. The molecule has 176 valence electrons. The van der Waals surface area contributed by atoms with E-state index in [4.69, 9.17) is 12.2 Å². The molecule has 8 heteroatoms. The van der Waals surface area contributed by atoms with E-state index in [-0.39, 0.29) is 18.0 Å². The molecule has 4 heterocycles. The van der Waals surface area contributed by atoms with E-state index in [0.29, 0.717) is 18.1 Å². The molecular weight excluding hydrogens is 456 g/mol. The number of benzene rings is 1. The van der Waals surface area contributed by atoms with E-state index < -0.39 is 0 Å². The van der Waals surface area contributed by atoms with Crippen LogP contribution in [0.5, 0.6) is 0 Å². The Labute approximate surface area is 209 Å². The molecule has 1 amide bonds. The van der Waals surface area contributed by atoms with E-state index >= 15 is 0 Å². The summed E-state index contributed by atoms with van der Waals surface area (Å²) in [5, 5.41) is 7.04. The number of pyridine rings is 2. The Morgan fingerprint density at radius 3 is 2.60 bits per heavy atom. The minimum atomic E-state index is -0.161. The third kappa shape index (κ3) is 4.79. The number of carbonyl (C=O) groups excluding carboxylic acids is 1. The molecule has 1 aliphatic heterocycles. The molecule has 3 aromatic heterocycles. The third-order valence-electron chi connectivity index (χ3n) is 6.15. The Morgan fingerprint density at radius 1 is 1.03 bits per heavy atom. The van der Waals surface area contributed by atoms with Crippen LogP contribution in [0.25, 0.3) is 5.69 Å². The molecule has 0 bridgehead atoms. The predicted octanol–water partition coefficient (Wildman–Crippen LogP) is 4.58. The highest BCUT2D eigenvalue weighted by atomic mass is 32.1. The molecule has 1 fully saturated rings. The number of aryl methyl sites for hydroxylation is 1. The van der Waals surface area contributed by atoms with Crippen LogP contribution in [0.3, 0.4) is 0 Å². The molecule has 35 heavy (non-hydrogen) atoms. The van der Waals surface area contributed by atoms with Crippen LogP contribution in [0.1, 0.15) is 35.6 Å². The zero-order valence-electron chi connectivity index (χ0n) is 19.3. The van der Waals surface area contributed by atoms with Gasteiger partial charge in [0.15, 0.2) is 5.11 Å². The maximum atomic E-state index is 12.7. The van der Waals surface area contributed by atoms with Gasteiger partial charge < -0.3 is 20.1 Å². The predicted molar refractivity (Wildman–Crippen MR) is 140 cm³/mol. The lowest BCUT2D eigenvalue weighted by Crippen LogP contribution is -2.33. The lowest BCUT2D eigenvalue weighted by Gasteiger charge is -2.29. The highest BCUT2D eigenvalue weighted by molar-refractivity contribution is 7.80.